The van der Waals surface area contributed by atoms with Crippen molar-refractivity contribution >= 4 is 27.3 Å². The maximum atomic E-state index is 13.4. The molecule has 2 aromatic rings. The Hall–Kier alpha value is -1.95. The number of benzene rings is 2. The summed E-state index contributed by atoms with van der Waals surface area (Å²) in [6.45, 7) is 0.184. The summed E-state index contributed by atoms with van der Waals surface area (Å²) >= 11 is 3.25. The van der Waals surface area contributed by atoms with Crippen molar-refractivity contribution in [2.45, 2.75) is 6.54 Å². The molecule has 19 heavy (non-hydrogen) atoms. The van der Waals surface area contributed by atoms with Crippen LogP contribution in [-0.2, 0) is 6.54 Å². The van der Waals surface area contributed by atoms with Gasteiger partial charge >= 0.3 is 0 Å². The maximum Gasteiger partial charge on any atom is 0.292 e. The molecule has 0 unspecified atom stereocenters. The van der Waals surface area contributed by atoms with Crippen LogP contribution in [0.15, 0.2) is 46.9 Å². The van der Waals surface area contributed by atoms with E-state index in [1.165, 1.54) is 12.1 Å². The van der Waals surface area contributed by atoms with Crippen molar-refractivity contribution in [2.75, 3.05) is 5.32 Å². The SMILES string of the molecule is O=[N+]([O-])c1ccc(Br)cc1NCc1ccccc1F. The van der Waals surface area contributed by atoms with Gasteiger partial charge in [0.1, 0.15) is 11.5 Å². The lowest BCUT2D eigenvalue weighted by Crippen LogP contribution is -2.04. The Balaban J connectivity index is 2.22. The van der Waals surface area contributed by atoms with Crippen LogP contribution in [0.1, 0.15) is 5.56 Å². The summed E-state index contributed by atoms with van der Waals surface area (Å²) in [5.41, 5.74) is 0.763. The highest BCUT2D eigenvalue weighted by Gasteiger charge is 2.13. The molecule has 0 amide bonds. The Morgan fingerprint density at radius 1 is 1.26 bits per heavy atom. The van der Waals surface area contributed by atoms with Gasteiger partial charge in [-0.2, -0.15) is 0 Å². The van der Waals surface area contributed by atoms with E-state index in [4.69, 9.17) is 0 Å². The number of hydrogen-bond acceptors (Lipinski definition) is 3. The smallest absolute Gasteiger partial charge is 0.292 e. The van der Waals surface area contributed by atoms with E-state index in [0.717, 1.165) is 0 Å². The molecule has 0 radical (unpaired) electrons. The second kappa shape index (κ2) is 5.79. The van der Waals surface area contributed by atoms with Gasteiger partial charge in [0.25, 0.3) is 5.69 Å². The van der Waals surface area contributed by atoms with Crippen LogP contribution in [0.3, 0.4) is 0 Å². The van der Waals surface area contributed by atoms with Crippen LogP contribution in [-0.4, -0.2) is 4.92 Å². The quantitative estimate of drug-likeness (QED) is 0.680. The number of nitrogens with one attached hydrogen (secondary N) is 1. The lowest BCUT2D eigenvalue weighted by Gasteiger charge is -2.08. The van der Waals surface area contributed by atoms with Gasteiger partial charge in [0.2, 0.25) is 0 Å². The molecule has 2 aromatic carbocycles. The van der Waals surface area contributed by atoms with Gasteiger partial charge in [-0.25, -0.2) is 4.39 Å². The fourth-order valence-electron chi connectivity index (χ4n) is 1.64. The third-order valence-electron chi connectivity index (χ3n) is 2.58. The number of halogens is 2. The van der Waals surface area contributed by atoms with Crippen LogP contribution in [0.4, 0.5) is 15.8 Å². The Morgan fingerprint density at radius 2 is 2.00 bits per heavy atom. The zero-order valence-electron chi connectivity index (χ0n) is 9.77. The summed E-state index contributed by atoms with van der Waals surface area (Å²) in [4.78, 5) is 10.4. The molecule has 0 atom stereocenters. The van der Waals surface area contributed by atoms with E-state index in [2.05, 4.69) is 21.2 Å². The highest BCUT2D eigenvalue weighted by Crippen LogP contribution is 2.28. The summed E-state index contributed by atoms with van der Waals surface area (Å²) in [7, 11) is 0. The molecule has 0 spiro atoms. The number of nitrogens with zero attached hydrogens (tertiary/aromatic N) is 1. The normalized spacial score (nSPS) is 10.2. The zero-order valence-corrected chi connectivity index (χ0v) is 11.4. The van der Waals surface area contributed by atoms with Crippen LogP contribution in [0.2, 0.25) is 0 Å². The fourth-order valence-corrected chi connectivity index (χ4v) is 2.00. The van der Waals surface area contributed by atoms with Gasteiger partial charge in [-0.3, -0.25) is 10.1 Å². The average molecular weight is 325 g/mol. The predicted molar refractivity (Wildman–Crippen MR) is 74.5 cm³/mol. The van der Waals surface area contributed by atoms with Gasteiger partial charge in [-0.15, -0.1) is 0 Å². The molecule has 2 rings (SSSR count). The van der Waals surface area contributed by atoms with Crippen molar-refractivity contribution in [2.24, 2.45) is 0 Å². The Morgan fingerprint density at radius 3 is 2.68 bits per heavy atom. The highest BCUT2D eigenvalue weighted by molar-refractivity contribution is 9.10. The van der Waals surface area contributed by atoms with E-state index in [1.807, 2.05) is 0 Å². The Labute approximate surface area is 117 Å². The molecule has 0 heterocycles. The first-order valence-electron chi connectivity index (χ1n) is 5.49. The highest BCUT2D eigenvalue weighted by atomic mass is 79.9. The van der Waals surface area contributed by atoms with Crippen molar-refractivity contribution in [3.63, 3.8) is 0 Å². The molecule has 1 N–H and O–H groups in total. The number of nitro benzene ring substituents is 1. The van der Waals surface area contributed by atoms with Gasteiger partial charge < -0.3 is 5.32 Å². The molecule has 0 aliphatic carbocycles. The summed E-state index contributed by atoms with van der Waals surface area (Å²) in [6, 6.07) is 10.9. The van der Waals surface area contributed by atoms with Gasteiger partial charge in [0.15, 0.2) is 0 Å². The second-order valence-electron chi connectivity index (χ2n) is 3.86. The van der Waals surface area contributed by atoms with Crippen LogP contribution in [0, 0.1) is 15.9 Å². The van der Waals surface area contributed by atoms with E-state index < -0.39 is 4.92 Å². The van der Waals surface area contributed by atoms with Crippen molar-refractivity contribution in [1.29, 1.82) is 0 Å². The lowest BCUT2D eigenvalue weighted by molar-refractivity contribution is -0.384. The number of hydrogen-bond donors (Lipinski definition) is 1. The molecule has 0 saturated carbocycles. The molecule has 0 fully saturated rings. The van der Waals surface area contributed by atoms with E-state index >= 15 is 0 Å². The van der Waals surface area contributed by atoms with E-state index in [1.54, 1.807) is 30.3 Å². The van der Waals surface area contributed by atoms with Crippen LogP contribution < -0.4 is 5.32 Å². The minimum absolute atomic E-state index is 0.0421. The standard InChI is InChI=1S/C13H10BrFN2O2/c14-10-5-6-13(17(18)19)12(7-10)16-8-9-3-1-2-4-11(9)15/h1-7,16H,8H2. The first kappa shape index (κ1) is 13.5. The number of rotatable bonds is 4. The molecular formula is C13H10BrFN2O2. The molecular weight excluding hydrogens is 315 g/mol. The van der Waals surface area contributed by atoms with Crippen molar-refractivity contribution < 1.29 is 9.31 Å². The molecule has 0 aliphatic rings. The minimum Gasteiger partial charge on any atom is -0.375 e. The van der Waals surface area contributed by atoms with Gasteiger partial charge in [-0.05, 0) is 18.2 Å². The van der Waals surface area contributed by atoms with Gasteiger partial charge in [-0.1, -0.05) is 34.1 Å². The largest absolute Gasteiger partial charge is 0.375 e. The molecule has 0 aliphatic heterocycles. The van der Waals surface area contributed by atoms with Crippen LogP contribution in [0.25, 0.3) is 0 Å². The maximum absolute atomic E-state index is 13.4. The third kappa shape index (κ3) is 3.29. The Kier molecular flexibility index (Phi) is 4.11. The molecule has 6 heteroatoms. The second-order valence-corrected chi connectivity index (χ2v) is 4.78. The van der Waals surface area contributed by atoms with Crippen molar-refractivity contribution in [1.82, 2.24) is 0 Å². The van der Waals surface area contributed by atoms with Crippen molar-refractivity contribution in [3.05, 3.63) is 68.4 Å². The first-order chi connectivity index (χ1) is 9.08. The summed E-state index contributed by atoms with van der Waals surface area (Å²) < 4.78 is 14.2. The topological polar surface area (TPSA) is 55.2 Å². The molecule has 0 aromatic heterocycles. The average Bonchev–Trinajstić information content (AvgIpc) is 2.37. The van der Waals surface area contributed by atoms with Gasteiger partial charge in [0.05, 0.1) is 4.92 Å². The summed E-state index contributed by atoms with van der Waals surface area (Å²) in [5.74, 6) is -0.340. The fraction of sp³-hybridized carbons (Fsp3) is 0.0769. The summed E-state index contributed by atoms with van der Waals surface area (Å²) in [6.07, 6.45) is 0. The predicted octanol–water partition coefficient (Wildman–Crippen LogP) is 4.11. The molecule has 4 nitrogen and oxygen atoms in total. The molecule has 0 bridgehead atoms. The van der Waals surface area contributed by atoms with Crippen molar-refractivity contribution in [3.8, 4) is 0 Å². The van der Waals surface area contributed by atoms with Gasteiger partial charge in [0, 0.05) is 22.6 Å². The molecule has 98 valence electrons. The minimum atomic E-state index is -0.476. The first-order valence-corrected chi connectivity index (χ1v) is 6.28. The van der Waals surface area contributed by atoms with Crippen LogP contribution in [0.5, 0.6) is 0 Å². The summed E-state index contributed by atoms with van der Waals surface area (Å²) in [5, 5.41) is 13.8. The van der Waals surface area contributed by atoms with E-state index in [9.17, 15) is 14.5 Å². The molecule has 0 saturated heterocycles. The third-order valence-corrected chi connectivity index (χ3v) is 3.08. The lowest BCUT2D eigenvalue weighted by atomic mass is 10.2. The van der Waals surface area contributed by atoms with Crippen LogP contribution >= 0.6 is 15.9 Å². The van der Waals surface area contributed by atoms with E-state index in [0.29, 0.717) is 15.7 Å². The Bertz CT molecular complexity index is 619. The van der Waals surface area contributed by atoms with E-state index in [-0.39, 0.29) is 18.0 Å². The zero-order chi connectivity index (χ0) is 13.8. The number of nitro groups is 1. The monoisotopic (exact) mass is 324 g/mol. The number of anilines is 1.